The molecule has 0 heterocycles. The van der Waals surface area contributed by atoms with Crippen LogP contribution >= 0.6 is 0 Å². The molecule has 116 valence electrons. The molecule has 21 heavy (non-hydrogen) atoms. The van der Waals surface area contributed by atoms with E-state index >= 15 is 0 Å². The van der Waals surface area contributed by atoms with Crippen molar-refractivity contribution in [2.24, 2.45) is 11.7 Å². The van der Waals surface area contributed by atoms with E-state index < -0.39 is 5.91 Å². The maximum atomic E-state index is 10.6. The molecule has 0 unspecified atom stereocenters. The number of carbonyl (C=O) groups is 1. The van der Waals surface area contributed by atoms with Gasteiger partial charge in [-0.2, -0.15) is 0 Å². The van der Waals surface area contributed by atoms with Crippen molar-refractivity contribution in [2.75, 3.05) is 6.61 Å². The summed E-state index contributed by atoms with van der Waals surface area (Å²) in [6.45, 7) is 3.11. The van der Waals surface area contributed by atoms with Crippen molar-refractivity contribution in [3.05, 3.63) is 29.8 Å². The fourth-order valence-corrected chi connectivity index (χ4v) is 2.90. The van der Waals surface area contributed by atoms with Crippen LogP contribution in [0.15, 0.2) is 24.3 Å². The molecule has 1 amide bonds. The molecule has 0 aromatic heterocycles. The number of hydrogen-bond donors (Lipinski definition) is 2. The van der Waals surface area contributed by atoms with E-state index in [-0.39, 0.29) is 6.61 Å². The van der Waals surface area contributed by atoms with Crippen molar-refractivity contribution >= 4 is 5.91 Å². The van der Waals surface area contributed by atoms with Gasteiger partial charge in [0.15, 0.2) is 6.61 Å². The lowest BCUT2D eigenvalue weighted by Crippen LogP contribution is -2.32. The minimum Gasteiger partial charge on any atom is -0.484 e. The average molecular weight is 290 g/mol. The monoisotopic (exact) mass is 290 g/mol. The molecule has 4 heteroatoms. The molecule has 0 spiro atoms. The Bertz CT molecular complexity index is 437. The molecule has 1 fully saturated rings. The number of primary amides is 1. The fourth-order valence-electron chi connectivity index (χ4n) is 2.90. The number of rotatable bonds is 7. The molecule has 0 aliphatic heterocycles. The minimum atomic E-state index is -0.455. The molecular formula is C17H26N2O2. The van der Waals surface area contributed by atoms with Crippen LogP contribution in [0, 0.1) is 5.92 Å². The van der Waals surface area contributed by atoms with Crippen LogP contribution < -0.4 is 15.8 Å². The smallest absolute Gasteiger partial charge is 0.255 e. The van der Waals surface area contributed by atoms with E-state index in [0.717, 1.165) is 12.5 Å². The Labute approximate surface area is 127 Å². The standard InChI is InChI=1S/C17H26N2O2/c1-2-13-3-7-15(8-4-13)19-11-14-5-9-16(10-6-14)21-12-17(18)20/h5-6,9-10,13,15,19H,2-4,7-8,11-12H2,1H3,(H2,18,20). The highest BCUT2D eigenvalue weighted by Crippen LogP contribution is 2.26. The molecular weight excluding hydrogens is 264 g/mol. The summed E-state index contributed by atoms with van der Waals surface area (Å²) in [5, 5.41) is 3.64. The number of benzene rings is 1. The summed E-state index contributed by atoms with van der Waals surface area (Å²) in [7, 11) is 0. The van der Waals surface area contributed by atoms with Crippen molar-refractivity contribution in [3.63, 3.8) is 0 Å². The molecule has 1 aliphatic carbocycles. The SMILES string of the molecule is CCC1CCC(NCc2ccc(OCC(N)=O)cc2)CC1. The zero-order chi connectivity index (χ0) is 15.1. The highest BCUT2D eigenvalue weighted by molar-refractivity contribution is 5.75. The molecule has 4 nitrogen and oxygen atoms in total. The van der Waals surface area contributed by atoms with E-state index in [2.05, 4.69) is 12.2 Å². The Morgan fingerprint density at radius 3 is 2.48 bits per heavy atom. The molecule has 3 N–H and O–H groups in total. The summed E-state index contributed by atoms with van der Waals surface area (Å²) in [4.78, 5) is 10.6. The van der Waals surface area contributed by atoms with Crippen LogP contribution in [-0.4, -0.2) is 18.6 Å². The Morgan fingerprint density at radius 1 is 1.24 bits per heavy atom. The topological polar surface area (TPSA) is 64.3 Å². The maximum Gasteiger partial charge on any atom is 0.255 e. The Kier molecular flexibility index (Phi) is 6.05. The first-order valence-corrected chi connectivity index (χ1v) is 7.90. The van der Waals surface area contributed by atoms with Gasteiger partial charge in [0.2, 0.25) is 0 Å². The predicted molar refractivity (Wildman–Crippen MR) is 84.0 cm³/mol. The van der Waals surface area contributed by atoms with Gasteiger partial charge in [-0.3, -0.25) is 4.79 Å². The maximum absolute atomic E-state index is 10.6. The summed E-state index contributed by atoms with van der Waals surface area (Å²) < 4.78 is 5.25. The lowest BCUT2D eigenvalue weighted by atomic mass is 9.84. The molecule has 0 radical (unpaired) electrons. The summed E-state index contributed by atoms with van der Waals surface area (Å²) in [6, 6.07) is 8.47. The molecule has 1 aromatic rings. The van der Waals surface area contributed by atoms with E-state index in [1.165, 1.54) is 37.7 Å². The van der Waals surface area contributed by atoms with Gasteiger partial charge in [0.25, 0.3) is 5.91 Å². The second kappa shape index (κ2) is 8.03. The number of hydrogen-bond acceptors (Lipinski definition) is 3. The third kappa shape index (κ3) is 5.38. The van der Waals surface area contributed by atoms with Crippen molar-refractivity contribution in [1.82, 2.24) is 5.32 Å². The number of amides is 1. The van der Waals surface area contributed by atoms with E-state index in [4.69, 9.17) is 10.5 Å². The van der Waals surface area contributed by atoms with Crippen molar-refractivity contribution < 1.29 is 9.53 Å². The van der Waals surface area contributed by atoms with Gasteiger partial charge in [0.05, 0.1) is 0 Å². The summed E-state index contributed by atoms with van der Waals surface area (Å²) in [6.07, 6.45) is 6.61. The van der Waals surface area contributed by atoms with Crippen molar-refractivity contribution in [3.8, 4) is 5.75 Å². The first-order valence-electron chi connectivity index (χ1n) is 7.90. The zero-order valence-electron chi connectivity index (χ0n) is 12.8. The largest absolute Gasteiger partial charge is 0.484 e. The summed E-state index contributed by atoms with van der Waals surface area (Å²) >= 11 is 0. The predicted octanol–water partition coefficient (Wildman–Crippen LogP) is 2.61. The van der Waals surface area contributed by atoms with Crippen LogP contribution in [0.25, 0.3) is 0 Å². The second-order valence-corrected chi connectivity index (χ2v) is 5.91. The summed E-state index contributed by atoms with van der Waals surface area (Å²) in [5.74, 6) is 1.16. The van der Waals surface area contributed by atoms with Crippen molar-refractivity contribution in [2.45, 2.75) is 51.6 Å². The van der Waals surface area contributed by atoms with E-state index in [9.17, 15) is 4.79 Å². The van der Waals surface area contributed by atoms with Gasteiger partial charge in [-0.15, -0.1) is 0 Å². The number of nitrogens with two attached hydrogens (primary N) is 1. The van der Waals surface area contributed by atoms with E-state index in [0.29, 0.717) is 11.8 Å². The number of nitrogens with one attached hydrogen (secondary N) is 1. The fraction of sp³-hybridized carbons (Fsp3) is 0.588. The van der Waals surface area contributed by atoms with Crippen LogP contribution in [0.1, 0.15) is 44.6 Å². The highest BCUT2D eigenvalue weighted by Gasteiger charge is 2.19. The van der Waals surface area contributed by atoms with Crippen LogP contribution in [0.2, 0.25) is 0 Å². The Balaban J connectivity index is 1.72. The van der Waals surface area contributed by atoms with Crippen molar-refractivity contribution in [1.29, 1.82) is 0 Å². The Morgan fingerprint density at radius 2 is 1.90 bits per heavy atom. The first kappa shape index (κ1) is 15.8. The zero-order valence-corrected chi connectivity index (χ0v) is 12.8. The van der Waals surface area contributed by atoms with Crippen LogP contribution in [-0.2, 0) is 11.3 Å². The van der Waals surface area contributed by atoms with Crippen LogP contribution in [0.4, 0.5) is 0 Å². The minimum absolute atomic E-state index is 0.0712. The molecule has 2 rings (SSSR count). The van der Waals surface area contributed by atoms with Gasteiger partial charge >= 0.3 is 0 Å². The average Bonchev–Trinajstić information content (AvgIpc) is 2.52. The Hall–Kier alpha value is -1.55. The van der Waals surface area contributed by atoms with Gasteiger partial charge in [0, 0.05) is 12.6 Å². The van der Waals surface area contributed by atoms with Crippen LogP contribution in [0.3, 0.4) is 0 Å². The molecule has 0 bridgehead atoms. The molecule has 0 atom stereocenters. The van der Waals surface area contributed by atoms with Gasteiger partial charge in [-0.05, 0) is 49.3 Å². The quantitative estimate of drug-likeness (QED) is 0.811. The van der Waals surface area contributed by atoms with E-state index in [1.54, 1.807) is 0 Å². The van der Waals surface area contributed by atoms with E-state index in [1.807, 2.05) is 24.3 Å². The van der Waals surface area contributed by atoms with Gasteiger partial charge in [-0.25, -0.2) is 0 Å². The van der Waals surface area contributed by atoms with Crippen LogP contribution in [0.5, 0.6) is 5.75 Å². The van der Waals surface area contributed by atoms with Gasteiger partial charge < -0.3 is 15.8 Å². The molecule has 0 saturated heterocycles. The molecule has 1 aromatic carbocycles. The normalized spacial score (nSPS) is 22.0. The second-order valence-electron chi connectivity index (χ2n) is 5.91. The third-order valence-electron chi connectivity index (χ3n) is 4.32. The lowest BCUT2D eigenvalue weighted by molar-refractivity contribution is -0.119. The third-order valence-corrected chi connectivity index (χ3v) is 4.32. The molecule has 1 saturated carbocycles. The number of ether oxygens (including phenoxy) is 1. The van der Waals surface area contributed by atoms with Gasteiger partial charge in [-0.1, -0.05) is 25.5 Å². The highest BCUT2D eigenvalue weighted by atomic mass is 16.5. The first-order chi connectivity index (χ1) is 10.2. The molecule has 1 aliphatic rings. The lowest BCUT2D eigenvalue weighted by Gasteiger charge is -2.28. The van der Waals surface area contributed by atoms with Gasteiger partial charge in [0.1, 0.15) is 5.75 Å². The summed E-state index contributed by atoms with van der Waals surface area (Å²) in [5.41, 5.74) is 6.28. The number of carbonyl (C=O) groups excluding carboxylic acids is 1.